The molecular formula is C22H19N3O5. The van der Waals surface area contributed by atoms with Crippen LogP contribution in [0.1, 0.15) is 10.4 Å². The lowest BCUT2D eigenvalue weighted by molar-refractivity contribution is -0.139. The molecule has 3 rings (SSSR count). The summed E-state index contributed by atoms with van der Waals surface area (Å²) in [5, 5.41) is 2.75. The SMILES string of the molecule is COC(=O)C1=C(C(=O)OC)N(c2ccc(C(=O)Nc3cccnc3)cc2)C=CC=C1. The van der Waals surface area contributed by atoms with Crippen LogP contribution >= 0.6 is 0 Å². The van der Waals surface area contributed by atoms with Crippen LogP contribution in [-0.2, 0) is 19.1 Å². The molecule has 0 bridgehead atoms. The van der Waals surface area contributed by atoms with Crippen LogP contribution in [0.3, 0.4) is 0 Å². The number of allylic oxidation sites excluding steroid dienone is 2. The van der Waals surface area contributed by atoms with Gasteiger partial charge in [0.05, 0.1) is 31.7 Å². The second-order valence-electron chi connectivity index (χ2n) is 6.06. The molecule has 0 radical (unpaired) electrons. The molecule has 8 heteroatoms. The highest BCUT2D eigenvalue weighted by molar-refractivity contribution is 6.06. The average Bonchev–Trinajstić information content (AvgIpc) is 3.02. The van der Waals surface area contributed by atoms with E-state index in [9.17, 15) is 14.4 Å². The molecule has 0 unspecified atom stereocenters. The minimum absolute atomic E-state index is 0.00177. The Bertz CT molecular complexity index is 1040. The number of amides is 1. The van der Waals surface area contributed by atoms with E-state index in [4.69, 9.17) is 9.47 Å². The zero-order valence-electron chi connectivity index (χ0n) is 16.4. The molecule has 0 fully saturated rings. The Hall–Kier alpha value is -4.20. The van der Waals surface area contributed by atoms with Crippen LogP contribution in [0.4, 0.5) is 11.4 Å². The summed E-state index contributed by atoms with van der Waals surface area (Å²) in [5.41, 5.74) is 1.59. The second kappa shape index (κ2) is 9.33. The van der Waals surface area contributed by atoms with E-state index in [0.29, 0.717) is 16.9 Å². The highest BCUT2D eigenvalue weighted by Crippen LogP contribution is 2.26. The largest absolute Gasteiger partial charge is 0.465 e. The van der Waals surface area contributed by atoms with Crippen molar-refractivity contribution in [3.63, 3.8) is 0 Å². The third-order valence-corrected chi connectivity index (χ3v) is 4.22. The van der Waals surface area contributed by atoms with Crippen LogP contribution in [0, 0.1) is 0 Å². The van der Waals surface area contributed by atoms with Gasteiger partial charge in [0.25, 0.3) is 5.91 Å². The third-order valence-electron chi connectivity index (χ3n) is 4.22. The van der Waals surface area contributed by atoms with E-state index >= 15 is 0 Å². The molecule has 1 aliphatic rings. The van der Waals surface area contributed by atoms with Crippen molar-refractivity contribution in [1.29, 1.82) is 0 Å². The standard InChI is InChI=1S/C22H19N3O5/c1-29-21(27)18-7-3-4-13-25(19(18)22(28)30-2)17-10-8-15(9-11-17)20(26)24-16-6-5-12-23-14-16/h3-14H,1-2H3,(H,24,26). The van der Waals surface area contributed by atoms with Gasteiger partial charge in [-0.25, -0.2) is 9.59 Å². The zero-order chi connectivity index (χ0) is 21.5. The van der Waals surface area contributed by atoms with E-state index in [1.165, 1.54) is 25.2 Å². The number of methoxy groups -OCH3 is 2. The molecule has 1 amide bonds. The number of carbonyl (C=O) groups excluding carboxylic acids is 3. The predicted octanol–water partition coefficient (Wildman–Crippen LogP) is 2.82. The van der Waals surface area contributed by atoms with Crippen molar-refractivity contribution >= 4 is 29.2 Å². The number of hydrogen-bond acceptors (Lipinski definition) is 7. The lowest BCUT2D eigenvalue weighted by Gasteiger charge is -2.23. The number of ether oxygens (including phenoxy) is 2. The Kier molecular flexibility index (Phi) is 6.39. The molecule has 1 aromatic carbocycles. The number of benzene rings is 1. The Morgan fingerprint density at radius 2 is 1.70 bits per heavy atom. The summed E-state index contributed by atoms with van der Waals surface area (Å²) in [6.45, 7) is 0. The van der Waals surface area contributed by atoms with Crippen molar-refractivity contribution in [2.24, 2.45) is 0 Å². The topological polar surface area (TPSA) is 97.8 Å². The molecule has 1 aromatic heterocycles. The summed E-state index contributed by atoms with van der Waals surface area (Å²) in [7, 11) is 2.46. The molecule has 2 aromatic rings. The Labute approximate surface area is 173 Å². The van der Waals surface area contributed by atoms with Gasteiger partial charge in [0.2, 0.25) is 0 Å². The predicted molar refractivity (Wildman–Crippen MR) is 110 cm³/mol. The minimum atomic E-state index is -0.704. The van der Waals surface area contributed by atoms with Gasteiger partial charge in [0, 0.05) is 23.6 Å². The van der Waals surface area contributed by atoms with E-state index in [0.717, 1.165) is 0 Å². The van der Waals surface area contributed by atoms with Gasteiger partial charge in [-0.3, -0.25) is 9.78 Å². The van der Waals surface area contributed by atoms with Gasteiger partial charge in [0.1, 0.15) is 5.70 Å². The zero-order valence-corrected chi connectivity index (χ0v) is 16.4. The highest BCUT2D eigenvalue weighted by Gasteiger charge is 2.27. The summed E-state index contributed by atoms with van der Waals surface area (Å²) in [6.07, 6.45) is 9.53. The lowest BCUT2D eigenvalue weighted by Crippen LogP contribution is -2.27. The maximum absolute atomic E-state index is 12.4. The number of esters is 2. The van der Waals surface area contributed by atoms with E-state index in [-0.39, 0.29) is 17.2 Å². The molecule has 0 saturated heterocycles. The fourth-order valence-corrected chi connectivity index (χ4v) is 2.78. The average molecular weight is 405 g/mol. The van der Waals surface area contributed by atoms with Crippen molar-refractivity contribution < 1.29 is 23.9 Å². The molecule has 0 saturated carbocycles. The highest BCUT2D eigenvalue weighted by atomic mass is 16.5. The first-order chi connectivity index (χ1) is 14.5. The van der Waals surface area contributed by atoms with E-state index in [1.54, 1.807) is 67.1 Å². The number of nitrogens with one attached hydrogen (secondary N) is 1. The maximum Gasteiger partial charge on any atom is 0.355 e. The molecule has 0 aliphatic carbocycles. The quantitative estimate of drug-likeness (QED) is 0.764. The summed E-state index contributed by atoms with van der Waals surface area (Å²) in [5.74, 6) is -1.68. The van der Waals surface area contributed by atoms with Gasteiger partial charge in [-0.05, 0) is 48.6 Å². The van der Waals surface area contributed by atoms with Gasteiger partial charge < -0.3 is 19.7 Å². The first kappa shape index (κ1) is 20.5. The Morgan fingerprint density at radius 1 is 0.967 bits per heavy atom. The van der Waals surface area contributed by atoms with Gasteiger partial charge in [-0.1, -0.05) is 6.08 Å². The molecule has 2 heterocycles. The van der Waals surface area contributed by atoms with Crippen LogP contribution in [0.2, 0.25) is 0 Å². The molecule has 8 nitrogen and oxygen atoms in total. The third kappa shape index (κ3) is 4.44. The van der Waals surface area contributed by atoms with Crippen LogP contribution in [0.15, 0.2) is 84.5 Å². The molecule has 30 heavy (non-hydrogen) atoms. The number of pyridine rings is 1. The van der Waals surface area contributed by atoms with E-state index in [1.807, 2.05) is 0 Å². The number of rotatable bonds is 5. The van der Waals surface area contributed by atoms with Crippen molar-refractivity contribution in [3.8, 4) is 0 Å². The molecular weight excluding hydrogens is 386 g/mol. The van der Waals surface area contributed by atoms with Crippen molar-refractivity contribution in [2.75, 3.05) is 24.4 Å². The number of carbonyl (C=O) groups is 3. The fraction of sp³-hybridized carbons (Fsp3) is 0.0909. The summed E-state index contributed by atoms with van der Waals surface area (Å²) in [4.78, 5) is 42.5. The molecule has 1 N–H and O–H groups in total. The maximum atomic E-state index is 12.4. The number of aromatic nitrogens is 1. The van der Waals surface area contributed by atoms with Gasteiger partial charge in [-0.2, -0.15) is 0 Å². The van der Waals surface area contributed by atoms with Gasteiger partial charge in [0.15, 0.2) is 0 Å². The fourth-order valence-electron chi connectivity index (χ4n) is 2.78. The molecule has 0 spiro atoms. The van der Waals surface area contributed by atoms with Crippen LogP contribution in [0.5, 0.6) is 0 Å². The number of hydrogen-bond donors (Lipinski definition) is 1. The Balaban J connectivity index is 1.92. The lowest BCUT2D eigenvalue weighted by atomic mass is 10.1. The summed E-state index contributed by atoms with van der Waals surface area (Å²) in [6, 6.07) is 9.99. The van der Waals surface area contributed by atoms with Crippen molar-refractivity contribution in [3.05, 3.63) is 90.1 Å². The first-order valence-electron chi connectivity index (χ1n) is 8.91. The number of anilines is 2. The minimum Gasteiger partial charge on any atom is -0.465 e. The van der Waals surface area contributed by atoms with E-state index in [2.05, 4.69) is 10.3 Å². The second-order valence-corrected chi connectivity index (χ2v) is 6.06. The van der Waals surface area contributed by atoms with Crippen LogP contribution in [-0.4, -0.2) is 37.0 Å². The summed E-state index contributed by atoms with van der Waals surface area (Å²) < 4.78 is 9.66. The molecule has 0 atom stereocenters. The molecule has 1 aliphatic heterocycles. The summed E-state index contributed by atoms with van der Waals surface area (Å²) >= 11 is 0. The van der Waals surface area contributed by atoms with Crippen molar-refractivity contribution in [1.82, 2.24) is 4.98 Å². The smallest absolute Gasteiger partial charge is 0.355 e. The van der Waals surface area contributed by atoms with Crippen molar-refractivity contribution in [2.45, 2.75) is 0 Å². The first-order valence-corrected chi connectivity index (χ1v) is 8.91. The Morgan fingerprint density at radius 3 is 2.33 bits per heavy atom. The monoisotopic (exact) mass is 405 g/mol. The van der Waals surface area contributed by atoms with Gasteiger partial charge >= 0.3 is 11.9 Å². The van der Waals surface area contributed by atoms with Crippen LogP contribution in [0.25, 0.3) is 0 Å². The normalized spacial score (nSPS) is 12.9. The number of nitrogens with zero attached hydrogens (tertiary/aromatic N) is 2. The van der Waals surface area contributed by atoms with E-state index < -0.39 is 11.9 Å². The van der Waals surface area contributed by atoms with Gasteiger partial charge in [-0.15, -0.1) is 0 Å². The van der Waals surface area contributed by atoms with Crippen LogP contribution < -0.4 is 10.2 Å². The molecule has 152 valence electrons.